The van der Waals surface area contributed by atoms with E-state index in [4.69, 9.17) is 10.2 Å². The second-order valence-corrected chi connectivity index (χ2v) is 4.75. The quantitative estimate of drug-likeness (QED) is 0.403. The van der Waals surface area contributed by atoms with Gasteiger partial charge in [0.15, 0.2) is 6.10 Å². The van der Waals surface area contributed by atoms with Crippen molar-refractivity contribution in [2.45, 2.75) is 46.6 Å². The highest BCUT2D eigenvalue weighted by Crippen LogP contribution is 2.31. The molecule has 0 aromatic rings. The maximum absolute atomic E-state index is 10.8. The van der Waals surface area contributed by atoms with E-state index < -0.39 is 35.4 Å². The lowest BCUT2D eigenvalue weighted by Crippen LogP contribution is -2.46. The predicted molar refractivity (Wildman–Crippen MR) is 86.7 cm³/mol. The van der Waals surface area contributed by atoms with Crippen LogP contribution in [0.25, 0.3) is 0 Å². The number of ether oxygens (including phenoxy) is 2. The number of carbonyl (C=O) groups is 4. The molecule has 9 nitrogen and oxygen atoms in total. The summed E-state index contributed by atoms with van der Waals surface area (Å²) in [6.07, 6.45) is 0.418. The first-order chi connectivity index (χ1) is 11.6. The molecule has 1 unspecified atom stereocenters. The van der Waals surface area contributed by atoms with Gasteiger partial charge in [0.05, 0.1) is 13.2 Å². The smallest absolute Gasteiger partial charge is 0.333 e. The molecule has 0 saturated heterocycles. The van der Waals surface area contributed by atoms with Crippen molar-refractivity contribution in [1.82, 2.24) is 0 Å². The van der Waals surface area contributed by atoms with Gasteiger partial charge in [-0.25, -0.2) is 14.4 Å². The molecule has 0 aromatic carbocycles. The summed E-state index contributed by atoms with van der Waals surface area (Å²) in [5, 5.41) is 26.6. The normalized spacial score (nSPS) is 11.9. The van der Waals surface area contributed by atoms with Crippen molar-refractivity contribution in [1.29, 1.82) is 0 Å². The van der Waals surface area contributed by atoms with Gasteiger partial charge in [-0.15, -0.1) is 0 Å². The van der Waals surface area contributed by atoms with Gasteiger partial charge in [0.2, 0.25) is 0 Å². The molecule has 0 spiro atoms. The van der Waals surface area contributed by atoms with Crippen molar-refractivity contribution in [3.8, 4) is 0 Å². The highest BCUT2D eigenvalue weighted by molar-refractivity contribution is 5.91. The first-order valence-corrected chi connectivity index (χ1v) is 7.78. The lowest BCUT2D eigenvalue weighted by atomic mass is 9.77. The third kappa shape index (κ3) is 8.85. The second-order valence-electron chi connectivity index (χ2n) is 4.75. The highest BCUT2D eigenvalue weighted by Gasteiger charge is 2.46. The minimum atomic E-state index is -1.85. The summed E-state index contributed by atoms with van der Waals surface area (Å²) in [5.74, 6) is -3.84. The molecule has 0 bridgehead atoms. The number of carboxylic acid groups (broad SMARTS) is 2. The predicted octanol–water partition coefficient (Wildman–Crippen LogP) is 0.992. The number of esters is 2. The monoisotopic (exact) mass is 362 g/mol. The van der Waals surface area contributed by atoms with Crippen molar-refractivity contribution in [3.05, 3.63) is 12.2 Å². The molecule has 9 heteroatoms. The van der Waals surface area contributed by atoms with Crippen molar-refractivity contribution >= 4 is 23.9 Å². The van der Waals surface area contributed by atoms with E-state index in [0.717, 1.165) is 12.2 Å². The molecule has 0 aliphatic heterocycles. The number of carboxylic acids is 2. The van der Waals surface area contributed by atoms with Crippen LogP contribution >= 0.6 is 0 Å². The summed E-state index contributed by atoms with van der Waals surface area (Å²) < 4.78 is 9.07. The number of aliphatic hydroxyl groups is 1. The summed E-state index contributed by atoms with van der Waals surface area (Å²) in [6, 6.07) is 0. The minimum absolute atomic E-state index is 0.0896. The Bertz CT molecular complexity index is 458. The van der Waals surface area contributed by atoms with Gasteiger partial charge >= 0.3 is 23.9 Å². The summed E-state index contributed by atoms with van der Waals surface area (Å²) in [7, 11) is 0. The first-order valence-electron chi connectivity index (χ1n) is 7.78. The molecule has 25 heavy (non-hydrogen) atoms. The zero-order valence-electron chi connectivity index (χ0n) is 14.9. The second kappa shape index (κ2) is 12.9. The Hall–Kier alpha value is -2.42. The summed E-state index contributed by atoms with van der Waals surface area (Å²) in [6.45, 7) is 7.07. The molecule has 0 aliphatic rings. The van der Waals surface area contributed by atoms with Crippen LogP contribution in [0.4, 0.5) is 0 Å². The molecule has 0 rings (SSSR count). The Balaban J connectivity index is 0. The fourth-order valence-corrected chi connectivity index (χ4v) is 1.81. The molecule has 0 saturated carbocycles. The average molecular weight is 362 g/mol. The average Bonchev–Trinajstić information content (AvgIpc) is 2.55. The number of hydrogen-bond donors (Lipinski definition) is 3. The fraction of sp³-hybridized carbons (Fsp3) is 0.625. The van der Waals surface area contributed by atoms with Gasteiger partial charge in [-0.2, -0.15) is 0 Å². The van der Waals surface area contributed by atoms with Gasteiger partial charge < -0.3 is 24.8 Å². The molecular weight excluding hydrogens is 336 g/mol. The summed E-state index contributed by atoms with van der Waals surface area (Å²) in [5.41, 5.74) is -1.56. The number of hydrogen-bond acceptors (Lipinski definition) is 7. The van der Waals surface area contributed by atoms with E-state index in [0.29, 0.717) is 13.2 Å². The van der Waals surface area contributed by atoms with Crippen LogP contribution in [0.2, 0.25) is 0 Å². The number of aliphatic hydroxyl groups excluding tert-OH is 1. The Kier molecular flexibility index (Phi) is 12.8. The Morgan fingerprint density at radius 2 is 1.24 bits per heavy atom. The van der Waals surface area contributed by atoms with Crippen LogP contribution in [0.1, 0.15) is 40.5 Å². The molecule has 3 N–H and O–H groups in total. The van der Waals surface area contributed by atoms with E-state index in [9.17, 15) is 24.3 Å². The van der Waals surface area contributed by atoms with Gasteiger partial charge in [-0.3, -0.25) is 4.79 Å². The van der Waals surface area contributed by atoms with Crippen molar-refractivity contribution < 1.29 is 44.0 Å². The van der Waals surface area contributed by atoms with Crippen molar-refractivity contribution in [2.24, 2.45) is 5.41 Å². The molecular formula is C16H26O9. The number of rotatable bonds is 9. The lowest BCUT2D eigenvalue weighted by Gasteiger charge is -2.29. The summed E-state index contributed by atoms with van der Waals surface area (Å²) in [4.78, 5) is 42.5. The van der Waals surface area contributed by atoms with E-state index in [1.54, 1.807) is 27.7 Å². The Morgan fingerprint density at radius 1 is 0.880 bits per heavy atom. The molecule has 0 fully saturated rings. The maximum atomic E-state index is 10.8. The minimum Gasteiger partial charge on any atom is -0.481 e. The van der Waals surface area contributed by atoms with E-state index in [1.807, 2.05) is 0 Å². The van der Waals surface area contributed by atoms with Crippen LogP contribution in [0.15, 0.2) is 12.2 Å². The molecule has 0 aromatic heterocycles. The Morgan fingerprint density at radius 3 is 1.40 bits per heavy atom. The van der Waals surface area contributed by atoms with Gasteiger partial charge in [0, 0.05) is 12.2 Å². The van der Waals surface area contributed by atoms with Crippen LogP contribution in [0.3, 0.4) is 0 Å². The van der Waals surface area contributed by atoms with Crippen molar-refractivity contribution in [2.75, 3.05) is 13.2 Å². The van der Waals surface area contributed by atoms with Crippen LogP contribution in [-0.2, 0) is 28.7 Å². The largest absolute Gasteiger partial charge is 0.481 e. The zero-order valence-corrected chi connectivity index (χ0v) is 14.9. The molecule has 0 aliphatic carbocycles. The first kappa shape index (κ1) is 24.8. The molecule has 1 atom stereocenters. The third-order valence-electron chi connectivity index (χ3n) is 3.37. The SMILES string of the molecule is CCC(CC)(C(=O)O)C(O)C(=O)O.CCOC(=O)/C=C\C(=O)OCC. The van der Waals surface area contributed by atoms with E-state index in [-0.39, 0.29) is 12.8 Å². The van der Waals surface area contributed by atoms with E-state index in [2.05, 4.69) is 9.47 Å². The number of aliphatic carboxylic acids is 2. The third-order valence-corrected chi connectivity index (χ3v) is 3.37. The lowest BCUT2D eigenvalue weighted by molar-refractivity contribution is -0.170. The number of carbonyl (C=O) groups excluding carboxylic acids is 2. The van der Waals surface area contributed by atoms with Crippen LogP contribution < -0.4 is 0 Å². The fourth-order valence-electron chi connectivity index (χ4n) is 1.81. The molecule has 0 radical (unpaired) electrons. The van der Waals surface area contributed by atoms with Gasteiger partial charge in [-0.1, -0.05) is 13.8 Å². The molecule has 0 heterocycles. The van der Waals surface area contributed by atoms with Crippen LogP contribution in [-0.4, -0.2) is 58.5 Å². The van der Waals surface area contributed by atoms with E-state index >= 15 is 0 Å². The summed E-state index contributed by atoms with van der Waals surface area (Å²) >= 11 is 0. The van der Waals surface area contributed by atoms with Gasteiger partial charge in [0.25, 0.3) is 0 Å². The topological polar surface area (TPSA) is 147 Å². The van der Waals surface area contributed by atoms with Crippen molar-refractivity contribution in [3.63, 3.8) is 0 Å². The van der Waals surface area contributed by atoms with Crippen LogP contribution in [0.5, 0.6) is 0 Å². The highest BCUT2D eigenvalue weighted by atomic mass is 16.5. The zero-order chi connectivity index (χ0) is 20.0. The van der Waals surface area contributed by atoms with Crippen LogP contribution in [0, 0.1) is 5.41 Å². The Labute approximate surface area is 146 Å². The standard InChI is InChI=1S/C8H14O5.C8H12O4/c1-3-8(4-2,7(12)13)5(9)6(10)11;1-3-11-7(9)5-6-8(10)12-4-2/h5,9H,3-4H2,1-2H3,(H,10,11)(H,12,13);5-6H,3-4H2,1-2H3/b;6-5-. The maximum Gasteiger partial charge on any atom is 0.333 e. The molecule has 0 amide bonds. The van der Waals surface area contributed by atoms with Gasteiger partial charge in [0.1, 0.15) is 5.41 Å². The van der Waals surface area contributed by atoms with E-state index in [1.165, 1.54) is 0 Å². The molecule has 144 valence electrons. The van der Waals surface area contributed by atoms with Gasteiger partial charge in [-0.05, 0) is 26.7 Å².